The minimum atomic E-state index is -0.271. The molecule has 0 aliphatic heterocycles. The first-order valence-corrected chi connectivity index (χ1v) is 7.56. The summed E-state index contributed by atoms with van der Waals surface area (Å²) in [7, 11) is 0. The minimum Gasteiger partial charge on any atom is -0.463 e. The summed E-state index contributed by atoms with van der Waals surface area (Å²) >= 11 is 0. The van der Waals surface area contributed by atoms with Gasteiger partial charge in [-0.05, 0) is 42.0 Å². The second kappa shape index (κ2) is 7.78. The number of nitrogens with one attached hydrogen (secondary N) is 2. The molecule has 120 valence electrons. The highest BCUT2D eigenvalue weighted by Gasteiger charge is 2.04. The Labute approximate surface area is 140 Å². The zero-order chi connectivity index (χ0) is 16.6. The van der Waals surface area contributed by atoms with Crippen molar-refractivity contribution in [3.63, 3.8) is 0 Å². The molecule has 0 fully saturated rings. The molecule has 0 saturated carbocycles. The first-order chi connectivity index (χ1) is 11.8. The SMILES string of the molecule is O=C(N/N=C/c1ccco1)c1ccc(NCc2ccccc2)cc1. The molecule has 1 amide bonds. The predicted octanol–water partition coefficient (Wildman–Crippen LogP) is 3.66. The molecule has 2 aromatic carbocycles. The molecule has 0 saturated heterocycles. The molecular weight excluding hydrogens is 302 g/mol. The summed E-state index contributed by atoms with van der Waals surface area (Å²) < 4.78 is 5.09. The number of carbonyl (C=O) groups excluding carboxylic acids is 1. The van der Waals surface area contributed by atoms with Gasteiger partial charge in [0.05, 0.1) is 12.5 Å². The lowest BCUT2D eigenvalue weighted by Crippen LogP contribution is -2.17. The first-order valence-electron chi connectivity index (χ1n) is 7.56. The van der Waals surface area contributed by atoms with E-state index < -0.39 is 0 Å². The number of anilines is 1. The minimum absolute atomic E-state index is 0.271. The lowest BCUT2D eigenvalue weighted by molar-refractivity contribution is 0.0955. The Morgan fingerprint density at radius 2 is 1.79 bits per heavy atom. The number of nitrogens with zero attached hydrogens (tertiary/aromatic N) is 1. The highest BCUT2D eigenvalue weighted by atomic mass is 16.3. The van der Waals surface area contributed by atoms with Crippen LogP contribution in [-0.2, 0) is 6.54 Å². The van der Waals surface area contributed by atoms with E-state index in [4.69, 9.17) is 4.42 Å². The summed E-state index contributed by atoms with van der Waals surface area (Å²) in [5.41, 5.74) is 5.16. The van der Waals surface area contributed by atoms with Crippen LogP contribution in [0.3, 0.4) is 0 Å². The molecule has 0 atom stereocenters. The van der Waals surface area contributed by atoms with Crippen molar-refractivity contribution in [2.24, 2.45) is 5.10 Å². The first kappa shape index (κ1) is 15.6. The van der Waals surface area contributed by atoms with Crippen molar-refractivity contribution >= 4 is 17.8 Å². The maximum atomic E-state index is 12.0. The van der Waals surface area contributed by atoms with Gasteiger partial charge < -0.3 is 9.73 Å². The molecule has 5 nitrogen and oxygen atoms in total. The number of carbonyl (C=O) groups is 1. The summed E-state index contributed by atoms with van der Waals surface area (Å²) in [6, 6.07) is 20.9. The van der Waals surface area contributed by atoms with Gasteiger partial charge in [-0.3, -0.25) is 4.79 Å². The van der Waals surface area contributed by atoms with Gasteiger partial charge in [0.15, 0.2) is 0 Å². The largest absolute Gasteiger partial charge is 0.463 e. The lowest BCUT2D eigenvalue weighted by atomic mass is 10.2. The standard InChI is InChI=1S/C19H17N3O2/c23-19(22-21-14-18-7-4-12-24-18)16-8-10-17(11-9-16)20-13-15-5-2-1-3-6-15/h1-12,14,20H,13H2,(H,22,23)/b21-14+. The zero-order valence-electron chi connectivity index (χ0n) is 13.0. The summed E-state index contributed by atoms with van der Waals surface area (Å²) in [5, 5.41) is 7.17. The normalized spacial score (nSPS) is 10.7. The van der Waals surface area contributed by atoms with E-state index >= 15 is 0 Å². The molecule has 1 aromatic heterocycles. The second-order valence-electron chi connectivity index (χ2n) is 5.13. The van der Waals surface area contributed by atoms with Crippen molar-refractivity contribution in [2.45, 2.75) is 6.54 Å². The van der Waals surface area contributed by atoms with E-state index in [1.54, 1.807) is 30.5 Å². The molecule has 0 aliphatic rings. The molecule has 3 rings (SSSR count). The van der Waals surface area contributed by atoms with Crippen LogP contribution in [0.5, 0.6) is 0 Å². The van der Waals surface area contributed by atoms with Crippen molar-refractivity contribution in [3.8, 4) is 0 Å². The van der Waals surface area contributed by atoms with Gasteiger partial charge in [-0.25, -0.2) is 5.43 Å². The topological polar surface area (TPSA) is 66.6 Å². The molecule has 24 heavy (non-hydrogen) atoms. The Kier molecular flexibility index (Phi) is 5.04. The third-order valence-corrected chi connectivity index (χ3v) is 3.39. The highest BCUT2D eigenvalue weighted by Crippen LogP contribution is 2.11. The number of hydrogen-bond acceptors (Lipinski definition) is 4. The molecule has 0 unspecified atom stereocenters. The van der Waals surface area contributed by atoms with E-state index in [9.17, 15) is 4.79 Å². The summed E-state index contributed by atoms with van der Waals surface area (Å²) in [5.74, 6) is 0.308. The van der Waals surface area contributed by atoms with E-state index in [0.717, 1.165) is 12.2 Å². The Balaban J connectivity index is 1.52. The molecule has 0 aliphatic carbocycles. The van der Waals surface area contributed by atoms with Crippen molar-refractivity contribution in [3.05, 3.63) is 89.9 Å². The van der Waals surface area contributed by atoms with Crippen LogP contribution in [0.1, 0.15) is 21.7 Å². The summed E-state index contributed by atoms with van der Waals surface area (Å²) in [4.78, 5) is 12.0. The monoisotopic (exact) mass is 319 g/mol. The average molecular weight is 319 g/mol. The van der Waals surface area contributed by atoms with Crippen LogP contribution in [0.15, 0.2) is 82.5 Å². The smallest absolute Gasteiger partial charge is 0.271 e. The number of rotatable bonds is 6. The third kappa shape index (κ3) is 4.33. The molecule has 3 aromatic rings. The van der Waals surface area contributed by atoms with Gasteiger partial charge in [-0.15, -0.1) is 0 Å². The van der Waals surface area contributed by atoms with Crippen LogP contribution in [0.4, 0.5) is 5.69 Å². The fraction of sp³-hybridized carbons (Fsp3) is 0.0526. The maximum absolute atomic E-state index is 12.0. The van der Waals surface area contributed by atoms with E-state index in [-0.39, 0.29) is 5.91 Å². The number of furan rings is 1. The quantitative estimate of drug-likeness (QED) is 0.538. The van der Waals surface area contributed by atoms with Crippen molar-refractivity contribution in [2.75, 3.05) is 5.32 Å². The molecule has 1 heterocycles. The van der Waals surface area contributed by atoms with E-state index in [0.29, 0.717) is 11.3 Å². The van der Waals surface area contributed by atoms with Crippen molar-refractivity contribution < 1.29 is 9.21 Å². The van der Waals surface area contributed by atoms with E-state index in [1.807, 2.05) is 30.3 Å². The lowest BCUT2D eigenvalue weighted by Gasteiger charge is -2.07. The second-order valence-corrected chi connectivity index (χ2v) is 5.13. The number of hydrazone groups is 1. The molecule has 5 heteroatoms. The Bertz CT molecular complexity index is 794. The Morgan fingerprint density at radius 1 is 1.00 bits per heavy atom. The molecule has 2 N–H and O–H groups in total. The van der Waals surface area contributed by atoms with Gasteiger partial charge in [0.2, 0.25) is 0 Å². The summed E-state index contributed by atoms with van der Waals surface area (Å²) in [6.07, 6.45) is 3.00. The van der Waals surface area contributed by atoms with Crippen LogP contribution in [0.2, 0.25) is 0 Å². The van der Waals surface area contributed by atoms with E-state index in [1.165, 1.54) is 11.8 Å². The third-order valence-electron chi connectivity index (χ3n) is 3.39. The van der Waals surface area contributed by atoms with Gasteiger partial charge in [0, 0.05) is 17.8 Å². The fourth-order valence-electron chi connectivity index (χ4n) is 2.12. The molecular formula is C19H17N3O2. The van der Waals surface area contributed by atoms with E-state index in [2.05, 4.69) is 28.0 Å². The average Bonchev–Trinajstić information content (AvgIpc) is 3.15. The summed E-state index contributed by atoms with van der Waals surface area (Å²) in [6.45, 7) is 0.736. The number of hydrogen-bond donors (Lipinski definition) is 2. The molecule has 0 spiro atoms. The van der Waals surface area contributed by atoms with Gasteiger partial charge in [-0.2, -0.15) is 5.10 Å². The highest BCUT2D eigenvalue weighted by molar-refractivity contribution is 5.95. The maximum Gasteiger partial charge on any atom is 0.271 e. The number of benzene rings is 2. The van der Waals surface area contributed by atoms with Crippen molar-refractivity contribution in [1.82, 2.24) is 5.43 Å². The van der Waals surface area contributed by atoms with Gasteiger partial charge in [-0.1, -0.05) is 30.3 Å². The Morgan fingerprint density at radius 3 is 2.50 bits per heavy atom. The fourth-order valence-corrected chi connectivity index (χ4v) is 2.12. The van der Waals surface area contributed by atoms with Crippen LogP contribution in [0, 0.1) is 0 Å². The van der Waals surface area contributed by atoms with Gasteiger partial charge >= 0.3 is 0 Å². The number of amides is 1. The van der Waals surface area contributed by atoms with Gasteiger partial charge in [0.25, 0.3) is 5.91 Å². The van der Waals surface area contributed by atoms with Crippen LogP contribution >= 0.6 is 0 Å². The van der Waals surface area contributed by atoms with Crippen LogP contribution in [-0.4, -0.2) is 12.1 Å². The van der Waals surface area contributed by atoms with Crippen molar-refractivity contribution in [1.29, 1.82) is 0 Å². The van der Waals surface area contributed by atoms with Crippen LogP contribution in [0.25, 0.3) is 0 Å². The molecule has 0 radical (unpaired) electrons. The Hall–Kier alpha value is -3.34. The molecule has 0 bridgehead atoms. The van der Waals surface area contributed by atoms with Crippen LogP contribution < -0.4 is 10.7 Å². The predicted molar refractivity (Wildman–Crippen MR) is 94.0 cm³/mol. The van der Waals surface area contributed by atoms with Gasteiger partial charge in [0.1, 0.15) is 5.76 Å². The zero-order valence-corrected chi connectivity index (χ0v) is 13.0.